The van der Waals surface area contributed by atoms with Crippen LogP contribution in [0.25, 0.3) is 10.9 Å². The molecule has 2 aliphatic carbocycles. The number of ketones is 2. The van der Waals surface area contributed by atoms with Gasteiger partial charge in [-0.15, -0.1) is 0 Å². The lowest BCUT2D eigenvalue weighted by molar-refractivity contribution is -0.115. The third kappa shape index (κ3) is 5.68. The molecule has 0 amide bonds. The van der Waals surface area contributed by atoms with E-state index in [1.54, 1.807) is 0 Å². The number of ether oxygens (including phenoxy) is 1. The van der Waals surface area contributed by atoms with Crippen LogP contribution in [0, 0.1) is 0 Å². The van der Waals surface area contributed by atoms with Crippen LogP contribution in [-0.4, -0.2) is 71.2 Å². The summed E-state index contributed by atoms with van der Waals surface area (Å²) in [5, 5.41) is 5.75. The van der Waals surface area contributed by atoms with Crippen molar-refractivity contribution in [2.45, 2.75) is 91.1 Å². The summed E-state index contributed by atoms with van der Waals surface area (Å²) < 4.78 is 7.48. The Hall–Kier alpha value is -2.77. The van der Waals surface area contributed by atoms with E-state index in [2.05, 4.69) is 34.8 Å². The molecule has 1 aliphatic heterocycles. The van der Waals surface area contributed by atoms with E-state index in [0.29, 0.717) is 31.3 Å². The highest BCUT2D eigenvalue weighted by Gasteiger charge is 2.32. The Labute approximate surface area is 239 Å². The molecule has 1 saturated heterocycles. The molecule has 0 spiro atoms. The molecule has 0 bridgehead atoms. The predicted octanol–water partition coefficient (Wildman–Crippen LogP) is 5.80. The van der Waals surface area contributed by atoms with Gasteiger partial charge in [-0.25, -0.2) is 0 Å². The second-order valence-corrected chi connectivity index (χ2v) is 11.9. The minimum Gasteiger partial charge on any atom is -0.379 e. The molecule has 0 unspecified atom stereocenters. The first-order valence-corrected chi connectivity index (χ1v) is 15.3. The summed E-state index contributed by atoms with van der Waals surface area (Å²) in [4.78, 5) is 31.8. The maximum atomic E-state index is 13.9. The Morgan fingerprint density at radius 1 is 1.12 bits per heavy atom. The summed E-state index contributed by atoms with van der Waals surface area (Å²) in [6.07, 6.45) is 10.9. The fourth-order valence-corrected chi connectivity index (χ4v) is 7.32. The zero-order chi connectivity index (χ0) is 28.4. The molecule has 7 nitrogen and oxygen atoms in total. The fraction of sp³-hybridized carbons (Fsp3) is 0.606. The van der Waals surface area contributed by atoms with Gasteiger partial charge in [0, 0.05) is 62.6 Å². The predicted molar refractivity (Wildman–Crippen MR) is 161 cm³/mol. The summed E-state index contributed by atoms with van der Waals surface area (Å²) in [6, 6.07) is 3.14. The van der Waals surface area contributed by atoms with Crippen LogP contribution < -0.4 is 4.90 Å². The second-order valence-electron chi connectivity index (χ2n) is 11.9. The molecule has 2 fully saturated rings. The topological polar surface area (TPSA) is 67.7 Å². The number of anilines is 1. The van der Waals surface area contributed by atoms with Gasteiger partial charge >= 0.3 is 0 Å². The standard InChI is InChI=1S/C33H46N4O3/c1-6-26-28(31(38)13-12-27-23(4)18-22(3)19-32(27)39)20-30-29(21-34-35(30)5)33(26)37(7-2)25-10-8-24(9-11-25)36-14-16-40-17-15-36/h18,20-21,24-25H,6-17,19H2,1-5H3. The summed E-state index contributed by atoms with van der Waals surface area (Å²) in [5.74, 6) is 0.279. The highest BCUT2D eigenvalue weighted by atomic mass is 16.5. The minimum atomic E-state index is 0.118. The highest BCUT2D eigenvalue weighted by molar-refractivity contribution is 6.07. The van der Waals surface area contributed by atoms with Gasteiger partial charge in [-0.3, -0.25) is 19.2 Å². The molecule has 0 N–H and O–H groups in total. The molecule has 0 atom stereocenters. The lowest BCUT2D eigenvalue weighted by Crippen LogP contribution is -2.48. The van der Waals surface area contributed by atoms with Gasteiger partial charge in [0.1, 0.15) is 0 Å². The van der Waals surface area contributed by atoms with Crippen molar-refractivity contribution in [3.05, 3.63) is 46.2 Å². The summed E-state index contributed by atoms with van der Waals surface area (Å²) >= 11 is 0. The largest absolute Gasteiger partial charge is 0.379 e. The zero-order valence-electron chi connectivity index (χ0n) is 25.1. The van der Waals surface area contributed by atoms with Crippen LogP contribution in [0.15, 0.2) is 35.1 Å². The van der Waals surface area contributed by atoms with Crippen molar-refractivity contribution < 1.29 is 14.3 Å². The molecule has 5 rings (SSSR count). The molecule has 216 valence electrons. The number of Topliss-reactive ketones (excluding diaryl/α,β-unsaturated/α-hetero) is 2. The van der Waals surface area contributed by atoms with Crippen LogP contribution in [0.3, 0.4) is 0 Å². The van der Waals surface area contributed by atoms with E-state index < -0.39 is 0 Å². The van der Waals surface area contributed by atoms with E-state index >= 15 is 0 Å². The number of allylic oxidation sites excluding steroid dienone is 4. The fourth-order valence-electron chi connectivity index (χ4n) is 7.32. The quantitative estimate of drug-likeness (QED) is 0.370. The van der Waals surface area contributed by atoms with Crippen LogP contribution >= 0.6 is 0 Å². The van der Waals surface area contributed by atoms with Crippen LogP contribution in [0.5, 0.6) is 0 Å². The third-order valence-corrected chi connectivity index (χ3v) is 9.40. The number of rotatable bonds is 9. The van der Waals surface area contributed by atoms with Crippen LogP contribution in [0.4, 0.5) is 5.69 Å². The van der Waals surface area contributed by atoms with E-state index in [4.69, 9.17) is 4.74 Å². The average Bonchev–Trinajstić information content (AvgIpc) is 3.33. The minimum absolute atomic E-state index is 0.118. The molecule has 1 aromatic heterocycles. The van der Waals surface area contributed by atoms with Crippen LogP contribution in [0.1, 0.15) is 88.6 Å². The molecule has 2 heterocycles. The molecule has 2 aromatic rings. The Bertz CT molecular complexity index is 1320. The van der Waals surface area contributed by atoms with Crippen molar-refractivity contribution in [3.8, 4) is 0 Å². The number of morpholine rings is 1. The van der Waals surface area contributed by atoms with Gasteiger partial charge < -0.3 is 9.64 Å². The molecule has 3 aliphatic rings. The smallest absolute Gasteiger partial charge is 0.163 e. The van der Waals surface area contributed by atoms with Crippen molar-refractivity contribution in [2.75, 3.05) is 37.7 Å². The number of hydrogen-bond acceptors (Lipinski definition) is 6. The van der Waals surface area contributed by atoms with Gasteiger partial charge in [0.15, 0.2) is 11.6 Å². The van der Waals surface area contributed by atoms with E-state index in [1.165, 1.54) is 18.5 Å². The molecule has 1 saturated carbocycles. The van der Waals surface area contributed by atoms with E-state index in [-0.39, 0.29) is 11.6 Å². The number of fused-ring (bicyclic) bond motifs is 1. The summed E-state index contributed by atoms with van der Waals surface area (Å²) in [6.45, 7) is 13.1. The van der Waals surface area contributed by atoms with Crippen molar-refractivity contribution in [2.24, 2.45) is 7.05 Å². The van der Waals surface area contributed by atoms with Crippen LogP contribution in [-0.2, 0) is 23.0 Å². The first-order chi connectivity index (χ1) is 19.3. The van der Waals surface area contributed by atoms with Gasteiger partial charge in [-0.1, -0.05) is 18.6 Å². The molecular weight excluding hydrogens is 500 g/mol. The number of carbonyl (C=O) groups is 2. The average molecular weight is 547 g/mol. The zero-order valence-corrected chi connectivity index (χ0v) is 25.1. The number of hydrogen-bond donors (Lipinski definition) is 0. The van der Waals surface area contributed by atoms with Gasteiger partial charge in [0.25, 0.3) is 0 Å². The first-order valence-electron chi connectivity index (χ1n) is 15.3. The van der Waals surface area contributed by atoms with Crippen molar-refractivity contribution in [3.63, 3.8) is 0 Å². The van der Waals surface area contributed by atoms with E-state index in [9.17, 15) is 9.59 Å². The number of carbonyl (C=O) groups excluding carboxylic acids is 2. The Morgan fingerprint density at radius 2 is 1.85 bits per heavy atom. The summed E-state index contributed by atoms with van der Waals surface area (Å²) in [5.41, 5.74) is 7.02. The van der Waals surface area contributed by atoms with E-state index in [0.717, 1.165) is 90.9 Å². The highest BCUT2D eigenvalue weighted by Crippen LogP contribution is 2.39. The molecular formula is C33H46N4O3. The molecule has 1 aromatic carbocycles. The number of aryl methyl sites for hydroxylation is 1. The maximum absolute atomic E-state index is 13.9. The van der Waals surface area contributed by atoms with Gasteiger partial charge in [-0.05, 0) is 82.1 Å². The molecule has 40 heavy (non-hydrogen) atoms. The van der Waals surface area contributed by atoms with Gasteiger partial charge in [-0.2, -0.15) is 5.10 Å². The van der Waals surface area contributed by atoms with Crippen molar-refractivity contribution in [1.29, 1.82) is 0 Å². The molecule has 0 radical (unpaired) electrons. The monoisotopic (exact) mass is 546 g/mol. The Kier molecular flexibility index (Phi) is 8.91. The normalized spacial score (nSPS) is 22.6. The first kappa shape index (κ1) is 28.7. The van der Waals surface area contributed by atoms with Crippen molar-refractivity contribution >= 4 is 28.2 Å². The third-order valence-electron chi connectivity index (χ3n) is 9.40. The number of aromatic nitrogens is 2. The number of nitrogens with zero attached hydrogens (tertiary/aromatic N) is 4. The second kappa shape index (κ2) is 12.4. The molecule has 7 heteroatoms. The SMILES string of the molecule is CCc1c(C(=O)CCC2=C(C)C=C(C)CC2=O)cc2c(cnn2C)c1N(CC)C1CCC(N2CCOCC2)CC1. The van der Waals surface area contributed by atoms with E-state index in [1.807, 2.05) is 37.8 Å². The lowest BCUT2D eigenvalue weighted by atomic mass is 9.86. The van der Waals surface area contributed by atoms with Gasteiger partial charge in [0.2, 0.25) is 0 Å². The van der Waals surface area contributed by atoms with Gasteiger partial charge in [0.05, 0.1) is 30.6 Å². The summed E-state index contributed by atoms with van der Waals surface area (Å²) in [7, 11) is 1.96. The maximum Gasteiger partial charge on any atom is 0.163 e. The number of benzene rings is 1. The lowest BCUT2D eigenvalue weighted by Gasteiger charge is -2.43. The Morgan fingerprint density at radius 3 is 2.50 bits per heavy atom. The Balaban J connectivity index is 1.43. The van der Waals surface area contributed by atoms with Crippen molar-refractivity contribution in [1.82, 2.24) is 14.7 Å². The van der Waals surface area contributed by atoms with Crippen LogP contribution in [0.2, 0.25) is 0 Å².